The van der Waals surface area contributed by atoms with E-state index < -0.39 is 0 Å². The number of hydrogen-bond donors (Lipinski definition) is 2. The van der Waals surface area contributed by atoms with Crippen LogP contribution in [0.5, 0.6) is 0 Å². The van der Waals surface area contributed by atoms with Gasteiger partial charge in [-0.05, 0) is 30.5 Å². The summed E-state index contributed by atoms with van der Waals surface area (Å²) in [5.41, 5.74) is 7.39. The molecule has 0 amide bonds. The fourth-order valence-electron chi connectivity index (χ4n) is 1.37. The molecule has 0 aliphatic rings. The maximum atomic E-state index is 5.82. The Balaban J connectivity index is 2.18. The van der Waals surface area contributed by atoms with Crippen LogP contribution in [0.4, 0.5) is 11.4 Å². The summed E-state index contributed by atoms with van der Waals surface area (Å²) < 4.78 is 5.50. The molecule has 17 heavy (non-hydrogen) atoms. The van der Waals surface area contributed by atoms with Crippen LogP contribution in [-0.2, 0) is 4.74 Å². The molecule has 3 nitrogen and oxygen atoms in total. The van der Waals surface area contributed by atoms with Crippen LogP contribution in [0.1, 0.15) is 20.3 Å². The number of nitrogens with one attached hydrogen (secondary N) is 1. The highest BCUT2D eigenvalue weighted by molar-refractivity contribution is 6.31. The quantitative estimate of drug-likeness (QED) is 0.581. The Labute approximate surface area is 108 Å². The Kier molecular flexibility index (Phi) is 6.16. The molecule has 0 radical (unpaired) electrons. The molecular formula is C13H21ClN2O. The summed E-state index contributed by atoms with van der Waals surface area (Å²) >= 11 is 5.82. The average Bonchev–Trinajstić information content (AvgIpc) is 2.25. The van der Waals surface area contributed by atoms with Gasteiger partial charge in [0.15, 0.2) is 0 Å². The zero-order valence-corrected chi connectivity index (χ0v) is 11.3. The van der Waals surface area contributed by atoms with E-state index in [1.54, 1.807) is 6.07 Å². The van der Waals surface area contributed by atoms with Crippen LogP contribution in [0, 0.1) is 5.92 Å². The molecule has 0 bridgehead atoms. The minimum absolute atomic E-state index is 0.654. The highest BCUT2D eigenvalue weighted by atomic mass is 35.5. The second-order valence-corrected chi connectivity index (χ2v) is 4.89. The Hall–Kier alpha value is -0.930. The Morgan fingerprint density at radius 3 is 2.76 bits per heavy atom. The summed E-state index contributed by atoms with van der Waals surface area (Å²) in [6.07, 6.45) is 1.10. The van der Waals surface area contributed by atoms with Crippen molar-refractivity contribution in [3.63, 3.8) is 0 Å². The fourth-order valence-corrected chi connectivity index (χ4v) is 1.55. The van der Waals surface area contributed by atoms with Gasteiger partial charge in [0.2, 0.25) is 0 Å². The molecule has 1 aromatic carbocycles. The minimum atomic E-state index is 0.654. The van der Waals surface area contributed by atoms with E-state index in [1.165, 1.54) is 0 Å². The standard InChI is InChI=1S/C13H21ClN2O/c1-10(2)5-7-17-8-6-16-13-4-3-11(14)9-12(13)15/h3-4,9-10,16H,5-8,15H2,1-2H3. The minimum Gasteiger partial charge on any atom is -0.397 e. The maximum absolute atomic E-state index is 5.82. The third-order valence-corrected chi connectivity index (χ3v) is 2.65. The van der Waals surface area contributed by atoms with Gasteiger partial charge in [0.05, 0.1) is 18.0 Å². The number of hydrogen-bond acceptors (Lipinski definition) is 3. The first-order chi connectivity index (χ1) is 8.09. The third-order valence-electron chi connectivity index (χ3n) is 2.42. The Bertz CT molecular complexity index is 342. The molecule has 0 spiro atoms. The van der Waals surface area contributed by atoms with Crippen LogP contribution in [-0.4, -0.2) is 19.8 Å². The van der Waals surface area contributed by atoms with E-state index >= 15 is 0 Å². The molecule has 1 aromatic rings. The van der Waals surface area contributed by atoms with Gasteiger partial charge in [-0.2, -0.15) is 0 Å². The lowest BCUT2D eigenvalue weighted by molar-refractivity contribution is 0.133. The van der Waals surface area contributed by atoms with Gasteiger partial charge in [-0.3, -0.25) is 0 Å². The zero-order valence-electron chi connectivity index (χ0n) is 10.5. The lowest BCUT2D eigenvalue weighted by Crippen LogP contribution is -2.11. The van der Waals surface area contributed by atoms with Crippen molar-refractivity contribution in [1.29, 1.82) is 0 Å². The highest BCUT2D eigenvalue weighted by Crippen LogP contribution is 2.22. The zero-order chi connectivity index (χ0) is 12.7. The number of rotatable bonds is 7. The van der Waals surface area contributed by atoms with E-state index in [-0.39, 0.29) is 0 Å². The summed E-state index contributed by atoms with van der Waals surface area (Å²) in [5.74, 6) is 0.690. The van der Waals surface area contributed by atoms with Crippen LogP contribution < -0.4 is 11.1 Å². The molecule has 0 aliphatic carbocycles. The Morgan fingerprint density at radius 2 is 2.12 bits per heavy atom. The molecule has 0 aromatic heterocycles. The van der Waals surface area contributed by atoms with E-state index in [2.05, 4.69) is 19.2 Å². The number of benzene rings is 1. The molecule has 0 fully saturated rings. The topological polar surface area (TPSA) is 47.3 Å². The maximum Gasteiger partial charge on any atom is 0.0639 e. The molecule has 0 aliphatic heterocycles. The molecule has 0 saturated carbocycles. The van der Waals surface area contributed by atoms with Gasteiger partial charge in [-0.15, -0.1) is 0 Å². The predicted octanol–water partition coefficient (Wildman–Crippen LogP) is 3.40. The molecule has 0 unspecified atom stereocenters. The van der Waals surface area contributed by atoms with Gasteiger partial charge in [0, 0.05) is 18.2 Å². The summed E-state index contributed by atoms with van der Waals surface area (Å²) in [6, 6.07) is 5.44. The molecule has 4 heteroatoms. The fraction of sp³-hybridized carbons (Fsp3) is 0.538. The summed E-state index contributed by atoms with van der Waals surface area (Å²) in [5, 5.41) is 3.87. The largest absolute Gasteiger partial charge is 0.397 e. The van der Waals surface area contributed by atoms with Crippen molar-refractivity contribution in [2.45, 2.75) is 20.3 Å². The van der Waals surface area contributed by atoms with Crippen molar-refractivity contribution in [1.82, 2.24) is 0 Å². The van der Waals surface area contributed by atoms with Crippen LogP contribution >= 0.6 is 11.6 Å². The predicted molar refractivity (Wildman–Crippen MR) is 74.6 cm³/mol. The third kappa shape index (κ3) is 5.80. The number of nitrogens with two attached hydrogens (primary N) is 1. The van der Waals surface area contributed by atoms with Crippen LogP contribution in [0.25, 0.3) is 0 Å². The lowest BCUT2D eigenvalue weighted by Gasteiger charge is -2.10. The van der Waals surface area contributed by atoms with Crippen molar-refractivity contribution >= 4 is 23.0 Å². The molecule has 0 atom stereocenters. The van der Waals surface area contributed by atoms with Gasteiger partial charge in [0.1, 0.15) is 0 Å². The first kappa shape index (κ1) is 14.1. The molecule has 0 saturated heterocycles. The monoisotopic (exact) mass is 256 g/mol. The second kappa shape index (κ2) is 7.41. The van der Waals surface area contributed by atoms with Gasteiger partial charge in [-0.1, -0.05) is 25.4 Å². The van der Waals surface area contributed by atoms with E-state index in [0.29, 0.717) is 23.2 Å². The molecule has 3 N–H and O–H groups in total. The van der Waals surface area contributed by atoms with Crippen LogP contribution in [0.2, 0.25) is 5.02 Å². The number of nitrogen functional groups attached to an aromatic ring is 1. The van der Waals surface area contributed by atoms with Gasteiger partial charge >= 0.3 is 0 Å². The van der Waals surface area contributed by atoms with Crippen molar-refractivity contribution in [3.05, 3.63) is 23.2 Å². The lowest BCUT2D eigenvalue weighted by atomic mass is 10.1. The van der Waals surface area contributed by atoms with Crippen molar-refractivity contribution in [3.8, 4) is 0 Å². The van der Waals surface area contributed by atoms with Crippen LogP contribution in [0.3, 0.4) is 0 Å². The van der Waals surface area contributed by atoms with E-state index in [0.717, 1.165) is 25.3 Å². The smallest absolute Gasteiger partial charge is 0.0639 e. The normalized spacial score (nSPS) is 10.8. The molecule has 1 rings (SSSR count). The SMILES string of the molecule is CC(C)CCOCCNc1ccc(Cl)cc1N. The first-order valence-corrected chi connectivity index (χ1v) is 6.34. The molecule has 96 valence electrons. The molecule has 0 heterocycles. The van der Waals surface area contributed by atoms with Gasteiger partial charge in [0.25, 0.3) is 0 Å². The number of halogens is 1. The van der Waals surface area contributed by atoms with Crippen LogP contribution in [0.15, 0.2) is 18.2 Å². The van der Waals surface area contributed by atoms with Crippen molar-refractivity contribution in [2.24, 2.45) is 5.92 Å². The summed E-state index contributed by atoms with van der Waals surface area (Å²) in [6.45, 7) is 6.64. The van der Waals surface area contributed by atoms with Crippen molar-refractivity contribution < 1.29 is 4.74 Å². The highest BCUT2D eigenvalue weighted by Gasteiger charge is 1.99. The number of ether oxygens (including phenoxy) is 1. The van der Waals surface area contributed by atoms with E-state index in [4.69, 9.17) is 22.1 Å². The van der Waals surface area contributed by atoms with E-state index in [9.17, 15) is 0 Å². The summed E-state index contributed by atoms with van der Waals surface area (Å²) in [4.78, 5) is 0. The first-order valence-electron chi connectivity index (χ1n) is 5.96. The number of anilines is 2. The van der Waals surface area contributed by atoms with Crippen molar-refractivity contribution in [2.75, 3.05) is 30.8 Å². The average molecular weight is 257 g/mol. The Morgan fingerprint density at radius 1 is 1.35 bits per heavy atom. The second-order valence-electron chi connectivity index (χ2n) is 4.45. The van der Waals surface area contributed by atoms with Gasteiger partial charge < -0.3 is 15.8 Å². The van der Waals surface area contributed by atoms with Gasteiger partial charge in [-0.25, -0.2) is 0 Å². The summed E-state index contributed by atoms with van der Waals surface area (Å²) in [7, 11) is 0. The van der Waals surface area contributed by atoms with E-state index in [1.807, 2.05) is 12.1 Å². The molecular weight excluding hydrogens is 236 g/mol.